The molecule has 4 heteroatoms. The maximum atomic E-state index is 13.2. The molecule has 0 atom stereocenters. The molecule has 1 saturated heterocycles. The molecule has 0 radical (unpaired) electrons. The first-order chi connectivity index (χ1) is 6.12. The molecule has 1 aliphatic rings. The van der Waals surface area contributed by atoms with E-state index in [1.807, 2.05) is 0 Å². The van der Waals surface area contributed by atoms with E-state index in [1.54, 1.807) is 0 Å². The van der Waals surface area contributed by atoms with Gasteiger partial charge in [-0.2, -0.15) is 0 Å². The molecule has 70 valence electrons. The molecule has 13 heavy (non-hydrogen) atoms. The van der Waals surface area contributed by atoms with Gasteiger partial charge in [-0.1, -0.05) is 22.0 Å². The van der Waals surface area contributed by atoms with Crippen LogP contribution in [0.5, 0.6) is 0 Å². The summed E-state index contributed by atoms with van der Waals surface area (Å²) in [6.07, 6.45) is 0. The van der Waals surface area contributed by atoms with Gasteiger partial charge in [-0.05, 0) is 6.07 Å². The number of ether oxygens (including phenoxy) is 1. The lowest BCUT2D eigenvalue weighted by Crippen LogP contribution is -2.41. The molecule has 0 spiro atoms. The van der Waals surface area contributed by atoms with Crippen LogP contribution in [0, 0.1) is 11.6 Å². The van der Waals surface area contributed by atoms with E-state index in [0.29, 0.717) is 18.8 Å². The lowest BCUT2D eigenvalue weighted by Gasteiger charge is -2.36. The smallest absolute Gasteiger partial charge is 0.130 e. The van der Waals surface area contributed by atoms with Crippen molar-refractivity contribution in [1.29, 1.82) is 0 Å². The van der Waals surface area contributed by atoms with Crippen molar-refractivity contribution in [1.82, 2.24) is 0 Å². The van der Waals surface area contributed by atoms with Gasteiger partial charge in [0.1, 0.15) is 11.6 Å². The van der Waals surface area contributed by atoms with Gasteiger partial charge in [0.25, 0.3) is 0 Å². The van der Waals surface area contributed by atoms with E-state index in [2.05, 4.69) is 15.9 Å². The molecule has 0 aliphatic carbocycles. The van der Waals surface area contributed by atoms with Gasteiger partial charge in [0.15, 0.2) is 0 Å². The van der Waals surface area contributed by atoms with Crippen LogP contribution in [0.4, 0.5) is 8.78 Å². The summed E-state index contributed by atoms with van der Waals surface area (Å²) in [7, 11) is 0. The number of rotatable bonds is 1. The van der Waals surface area contributed by atoms with Crippen molar-refractivity contribution >= 4 is 15.9 Å². The zero-order valence-corrected chi connectivity index (χ0v) is 8.27. The summed E-state index contributed by atoms with van der Waals surface area (Å²) in [6.45, 7) is 0.852. The maximum absolute atomic E-state index is 13.2. The van der Waals surface area contributed by atoms with Crippen molar-refractivity contribution in [3.8, 4) is 0 Å². The van der Waals surface area contributed by atoms with E-state index < -0.39 is 16.0 Å². The van der Waals surface area contributed by atoms with Crippen molar-refractivity contribution in [2.45, 2.75) is 4.32 Å². The van der Waals surface area contributed by atoms with E-state index in [4.69, 9.17) is 4.74 Å². The number of halogens is 3. The van der Waals surface area contributed by atoms with Gasteiger partial charge >= 0.3 is 0 Å². The lowest BCUT2D eigenvalue weighted by molar-refractivity contribution is -0.00848. The lowest BCUT2D eigenvalue weighted by atomic mass is 9.97. The quantitative estimate of drug-likeness (QED) is 0.695. The average molecular weight is 249 g/mol. The fourth-order valence-corrected chi connectivity index (χ4v) is 1.93. The molecule has 0 unspecified atom stereocenters. The minimum atomic E-state index is -0.558. The summed E-state index contributed by atoms with van der Waals surface area (Å²) in [4.78, 5) is 0. The molecule has 0 aromatic heterocycles. The van der Waals surface area contributed by atoms with Crippen LogP contribution in [0.3, 0.4) is 0 Å². The van der Waals surface area contributed by atoms with Crippen LogP contribution in [0.15, 0.2) is 18.2 Å². The van der Waals surface area contributed by atoms with E-state index in [9.17, 15) is 8.78 Å². The SMILES string of the molecule is Fc1ccc(C2(Br)COC2)c(F)c1. The van der Waals surface area contributed by atoms with E-state index >= 15 is 0 Å². The Balaban J connectivity index is 2.40. The molecular formula is C9H7BrF2O. The Morgan fingerprint density at radius 3 is 2.46 bits per heavy atom. The molecule has 1 heterocycles. The van der Waals surface area contributed by atoms with E-state index in [-0.39, 0.29) is 0 Å². The average Bonchev–Trinajstić information content (AvgIpc) is 2.00. The highest BCUT2D eigenvalue weighted by Gasteiger charge is 2.39. The van der Waals surface area contributed by atoms with Crippen molar-refractivity contribution in [3.63, 3.8) is 0 Å². The maximum Gasteiger partial charge on any atom is 0.130 e. The molecule has 2 rings (SSSR count). The fraction of sp³-hybridized carbons (Fsp3) is 0.333. The second-order valence-electron chi connectivity index (χ2n) is 3.08. The highest BCUT2D eigenvalue weighted by Crippen LogP contribution is 2.39. The molecule has 1 aromatic rings. The van der Waals surface area contributed by atoms with Crippen LogP contribution < -0.4 is 0 Å². The van der Waals surface area contributed by atoms with Crippen molar-refractivity contribution in [3.05, 3.63) is 35.4 Å². The third-order valence-corrected chi connectivity index (χ3v) is 2.96. The van der Waals surface area contributed by atoms with Gasteiger partial charge < -0.3 is 4.74 Å². The Morgan fingerprint density at radius 2 is 2.00 bits per heavy atom. The van der Waals surface area contributed by atoms with Gasteiger partial charge in [0.05, 0.1) is 17.5 Å². The summed E-state index contributed by atoms with van der Waals surface area (Å²) < 4.78 is 30.3. The Kier molecular flexibility index (Phi) is 2.12. The predicted molar refractivity (Wildman–Crippen MR) is 47.8 cm³/mol. The second-order valence-corrected chi connectivity index (χ2v) is 4.60. The zero-order chi connectivity index (χ0) is 9.47. The van der Waals surface area contributed by atoms with E-state index in [1.165, 1.54) is 12.1 Å². The molecule has 1 fully saturated rings. The molecule has 1 aromatic carbocycles. The van der Waals surface area contributed by atoms with Gasteiger partial charge in [-0.15, -0.1) is 0 Å². The first-order valence-electron chi connectivity index (χ1n) is 3.84. The summed E-state index contributed by atoms with van der Waals surface area (Å²) >= 11 is 3.36. The van der Waals surface area contributed by atoms with Crippen LogP contribution in [-0.2, 0) is 9.06 Å². The van der Waals surface area contributed by atoms with Gasteiger partial charge in [0, 0.05) is 11.6 Å². The molecule has 0 N–H and O–H groups in total. The number of benzene rings is 1. The van der Waals surface area contributed by atoms with Crippen LogP contribution in [-0.4, -0.2) is 13.2 Å². The highest BCUT2D eigenvalue weighted by molar-refractivity contribution is 9.09. The molecule has 0 saturated carbocycles. The summed E-state index contributed by atoms with van der Waals surface area (Å²) in [5, 5.41) is 0. The molecule has 1 aliphatic heterocycles. The highest BCUT2D eigenvalue weighted by atomic mass is 79.9. The molecular weight excluding hydrogens is 242 g/mol. The number of alkyl halides is 1. The fourth-order valence-electron chi connectivity index (χ4n) is 1.29. The predicted octanol–water partition coefficient (Wildman–Crippen LogP) is 2.59. The number of hydrogen-bond donors (Lipinski definition) is 0. The van der Waals surface area contributed by atoms with Gasteiger partial charge in [-0.25, -0.2) is 8.78 Å². The Labute approximate surface area is 82.8 Å². The van der Waals surface area contributed by atoms with Crippen LogP contribution in [0.25, 0.3) is 0 Å². The standard InChI is InChI=1S/C9H7BrF2O/c10-9(4-13-5-9)7-2-1-6(11)3-8(7)12/h1-3H,4-5H2. The van der Waals surface area contributed by atoms with E-state index in [0.717, 1.165) is 6.07 Å². The third-order valence-electron chi connectivity index (χ3n) is 2.08. The first kappa shape index (κ1) is 9.09. The Bertz CT molecular complexity index is 336. The van der Waals surface area contributed by atoms with Crippen molar-refractivity contribution in [2.75, 3.05) is 13.2 Å². The number of hydrogen-bond acceptors (Lipinski definition) is 1. The second kappa shape index (κ2) is 3.03. The molecule has 1 nitrogen and oxygen atoms in total. The van der Waals surface area contributed by atoms with Crippen LogP contribution >= 0.6 is 15.9 Å². The largest absolute Gasteiger partial charge is 0.378 e. The molecule has 0 amide bonds. The topological polar surface area (TPSA) is 9.23 Å². The van der Waals surface area contributed by atoms with Crippen LogP contribution in [0.1, 0.15) is 5.56 Å². The minimum absolute atomic E-state index is 0.426. The minimum Gasteiger partial charge on any atom is -0.378 e. The zero-order valence-electron chi connectivity index (χ0n) is 6.69. The van der Waals surface area contributed by atoms with Crippen molar-refractivity contribution < 1.29 is 13.5 Å². The third kappa shape index (κ3) is 1.48. The Hall–Kier alpha value is -0.480. The summed E-state index contributed by atoms with van der Waals surface area (Å²) in [6, 6.07) is 3.58. The normalized spacial score (nSPS) is 19.6. The Morgan fingerprint density at radius 1 is 1.31 bits per heavy atom. The summed E-state index contributed by atoms with van der Waals surface area (Å²) in [5.41, 5.74) is 0.458. The first-order valence-corrected chi connectivity index (χ1v) is 4.63. The van der Waals surface area contributed by atoms with Crippen molar-refractivity contribution in [2.24, 2.45) is 0 Å². The van der Waals surface area contributed by atoms with Gasteiger partial charge in [-0.3, -0.25) is 0 Å². The summed E-state index contributed by atoms with van der Waals surface area (Å²) in [5.74, 6) is -1.09. The van der Waals surface area contributed by atoms with Gasteiger partial charge in [0.2, 0.25) is 0 Å². The monoisotopic (exact) mass is 248 g/mol. The molecule has 0 bridgehead atoms. The van der Waals surface area contributed by atoms with Crippen LogP contribution in [0.2, 0.25) is 0 Å².